The summed E-state index contributed by atoms with van der Waals surface area (Å²) in [6.07, 6.45) is 0.695. The third kappa shape index (κ3) is 5.05. The fourth-order valence-corrected chi connectivity index (χ4v) is 3.44. The molecule has 26 heavy (non-hydrogen) atoms. The largest absolute Gasteiger partial charge is 0.491 e. The van der Waals surface area contributed by atoms with Crippen molar-refractivity contribution in [2.45, 2.75) is 18.6 Å². The number of ether oxygens (including phenoxy) is 2. The number of aliphatic hydroxyl groups is 2. The van der Waals surface area contributed by atoms with Crippen molar-refractivity contribution in [2.24, 2.45) is 0 Å². The van der Waals surface area contributed by atoms with E-state index in [2.05, 4.69) is 23.1 Å². The zero-order valence-corrected chi connectivity index (χ0v) is 15.0. The molecule has 0 saturated carbocycles. The molecule has 0 radical (unpaired) electrons. The van der Waals surface area contributed by atoms with Gasteiger partial charge in [0.1, 0.15) is 18.0 Å². The van der Waals surface area contributed by atoms with Gasteiger partial charge in [0, 0.05) is 26.1 Å². The van der Waals surface area contributed by atoms with Crippen molar-refractivity contribution >= 4 is 0 Å². The van der Waals surface area contributed by atoms with E-state index in [1.54, 1.807) is 0 Å². The van der Waals surface area contributed by atoms with Crippen molar-refractivity contribution in [3.63, 3.8) is 0 Å². The van der Waals surface area contributed by atoms with Crippen LogP contribution in [0.2, 0.25) is 0 Å². The highest BCUT2D eigenvalue weighted by atomic mass is 16.5. The third-order valence-electron chi connectivity index (χ3n) is 4.65. The van der Waals surface area contributed by atoms with Crippen LogP contribution in [0, 0.1) is 0 Å². The number of morpholine rings is 1. The second kappa shape index (κ2) is 9.14. The van der Waals surface area contributed by atoms with Gasteiger partial charge in [0.05, 0.1) is 19.8 Å². The molecule has 2 aromatic carbocycles. The summed E-state index contributed by atoms with van der Waals surface area (Å²) in [7, 11) is 0. The number of hydrogen-bond donors (Lipinski definition) is 2. The van der Waals surface area contributed by atoms with Gasteiger partial charge in [-0.05, 0) is 23.3 Å². The van der Waals surface area contributed by atoms with Crippen molar-refractivity contribution in [1.82, 2.24) is 4.90 Å². The Kier molecular flexibility index (Phi) is 6.63. The minimum atomic E-state index is -0.565. The van der Waals surface area contributed by atoms with E-state index in [0.717, 1.165) is 24.4 Å². The lowest BCUT2D eigenvalue weighted by Gasteiger charge is -2.42. The molecular formula is C21H27NO4. The van der Waals surface area contributed by atoms with Gasteiger partial charge in [-0.15, -0.1) is 0 Å². The molecule has 0 unspecified atom stereocenters. The molecular weight excluding hydrogens is 330 g/mol. The Labute approximate surface area is 154 Å². The molecule has 1 heterocycles. The maximum atomic E-state index is 10.0. The molecule has 1 saturated heterocycles. The van der Waals surface area contributed by atoms with Crippen LogP contribution in [0.5, 0.6) is 5.75 Å². The van der Waals surface area contributed by atoms with E-state index in [0.29, 0.717) is 26.2 Å². The van der Waals surface area contributed by atoms with Gasteiger partial charge in [0.15, 0.2) is 0 Å². The minimum Gasteiger partial charge on any atom is -0.491 e. The van der Waals surface area contributed by atoms with Crippen molar-refractivity contribution in [3.8, 4) is 5.75 Å². The molecule has 0 spiro atoms. The van der Waals surface area contributed by atoms with Crippen LogP contribution in [0.1, 0.15) is 11.1 Å². The Morgan fingerprint density at radius 3 is 2.62 bits per heavy atom. The fourth-order valence-electron chi connectivity index (χ4n) is 3.44. The maximum absolute atomic E-state index is 10.0. The summed E-state index contributed by atoms with van der Waals surface area (Å²) in [5.74, 6) is 0.766. The van der Waals surface area contributed by atoms with Gasteiger partial charge in [0.2, 0.25) is 0 Å². The lowest BCUT2D eigenvalue weighted by atomic mass is 9.93. The second-order valence-corrected chi connectivity index (χ2v) is 6.78. The average molecular weight is 357 g/mol. The first-order valence-electron chi connectivity index (χ1n) is 9.07. The summed E-state index contributed by atoms with van der Waals surface area (Å²) >= 11 is 0. The van der Waals surface area contributed by atoms with E-state index in [9.17, 15) is 5.11 Å². The third-order valence-corrected chi connectivity index (χ3v) is 4.65. The van der Waals surface area contributed by atoms with Crippen LogP contribution >= 0.6 is 0 Å². The number of benzene rings is 2. The van der Waals surface area contributed by atoms with E-state index >= 15 is 0 Å². The van der Waals surface area contributed by atoms with Gasteiger partial charge in [-0.25, -0.2) is 0 Å². The first-order chi connectivity index (χ1) is 12.7. The van der Waals surface area contributed by atoms with Crippen molar-refractivity contribution < 1.29 is 19.7 Å². The predicted octanol–water partition coefficient (Wildman–Crippen LogP) is 1.86. The Bertz CT molecular complexity index is 679. The molecule has 3 rings (SSSR count). The van der Waals surface area contributed by atoms with Gasteiger partial charge in [-0.2, -0.15) is 0 Å². The van der Waals surface area contributed by atoms with Crippen molar-refractivity contribution in [1.29, 1.82) is 0 Å². The SMILES string of the molecule is OCCOc1cccc(CN2CCO[C@@](CO)(Cc3ccccc3)C2)c1. The summed E-state index contributed by atoms with van der Waals surface area (Å²) in [5, 5.41) is 18.9. The van der Waals surface area contributed by atoms with E-state index < -0.39 is 5.60 Å². The zero-order valence-electron chi connectivity index (χ0n) is 15.0. The molecule has 1 atom stereocenters. The molecule has 0 amide bonds. The topological polar surface area (TPSA) is 62.2 Å². The van der Waals surface area contributed by atoms with Gasteiger partial charge < -0.3 is 19.7 Å². The summed E-state index contributed by atoms with van der Waals surface area (Å²) in [5.41, 5.74) is 1.75. The van der Waals surface area contributed by atoms with Crippen LogP contribution in [-0.4, -0.2) is 60.2 Å². The van der Waals surface area contributed by atoms with E-state index in [-0.39, 0.29) is 13.2 Å². The van der Waals surface area contributed by atoms with E-state index in [4.69, 9.17) is 14.6 Å². The molecule has 1 aliphatic rings. The van der Waals surface area contributed by atoms with Crippen LogP contribution < -0.4 is 4.74 Å². The van der Waals surface area contributed by atoms with Gasteiger partial charge >= 0.3 is 0 Å². The first kappa shape index (κ1) is 18.9. The van der Waals surface area contributed by atoms with E-state index in [1.165, 1.54) is 5.56 Å². The Hall–Kier alpha value is -1.92. The number of hydrogen-bond acceptors (Lipinski definition) is 5. The monoisotopic (exact) mass is 357 g/mol. The highest BCUT2D eigenvalue weighted by Gasteiger charge is 2.36. The molecule has 0 bridgehead atoms. The van der Waals surface area contributed by atoms with E-state index in [1.807, 2.05) is 36.4 Å². The molecule has 140 valence electrons. The van der Waals surface area contributed by atoms with Crippen LogP contribution in [0.25, 0.3) is 0 Å². The number of nitrogens with zero attached hydrogens (tertiary/aromatic N) is 1. The molecule has 0 aromatic heterocycles. The van der Waals surface area contributed by atoms with Crippen molar-refractivity contribution in [2.75, 3.05) is 39.5 Å². The molecule has 0 aliphatic carbocycles. The zero-order chi connectivity index (χ0) is 18.2. The molecule has 1 aliphatic heterocycles. The first-order valence-corrected chi connectivity index (χ1v) is 9.07. The summed E-state index contributed by atoms with van der Waals surface area (Å²) < 4.78 is 11.5. The van der Waals surface area contributed by atoms with Crippen molar-refractivity contribution in [3.05, 3.63) is 65.7 Å². The molecule has 2 N–H and O–H groups in total. The normalized spacial score (nSPS) is 20.8. The Balaban J connectivity index is 1.65. The van der Waals surface area contributed by atoms with Crippen LogP contribution in [0.4, 0.5) is 0 Å². The maximum Gasteiger partial charge on any atom is 0.119 e. The fraction of sp³-hybridized carbons (Fsp3) is 0.429. The summed E-state index contributed by atoms with van der Waals surface area (Å²) in [4.78, 5) is 2.31. The Morgan fingerprint density at radius 2 is 1.85 bits per heavy atom. The number of aliphatic hydroxyl groups excluding tert-OH is 2. The molecule has 5 nitrogen and oxygen atoms in total. The van der Waals surface area contributed by atoms with Gasteiger partial charge in [0.25, 0.3) is 0 Å². The predicted molar refractivity (Wildman–Crippen MR) is 100 cm³/mol. The standard InChI is InChI=1S/C21H27NO4/c23-10-12-25-20-8-4-7-19(13-20)15-22-9-11-26-21(16-22,17-24)14-18-5-2-1-3-6-18/h1-8,13,23-24H,9-12,14-17H2/t21-/m0/s1. The summed E-state index contributed by atoms with van der Waals surface area (Å²) in [6.45, 7) is 3.19. The lowest BCUT2D eigenvalue weighted by Crippen LogP contribution is -2.55. The highest BCUT2D eigenvalue weighted by molar-refractivity contribution is 5.28. The van der Waals surface area contributed by atoms with Crippen LogP contribution in [0.3, 0.4) is 0 Å². The van der Waals surface area contributed by atoms with Gasteiger partial charge in [-0.1, -0.05) is 42.5 Å². The second-order valence-electron chi connectivity index (χ2n) is 6.78. The number of rotatable bonds is 8. The minimum absolute atomic E-state index is 0.00194. The quantitative estimate of drug-likeness (QED) is 0.755. The van der Waals surface area contributed by atoms with Crippen LogP contribution in [-0.2, 0) is 17.7 Å². The smallest absolute Gasteiger partial charge is 0.119 e. The Morgan fingerprint density at radius 1 is 1.04 bits per heavy atom. The highest BCUT2D eigenvalue weighted by Crippen LogP contribution is 2.25. The van der Waals surface area contributed by atoms with Gasteiger partial charge in [-0.3, -0.25) is 4.90 Å². The molecule has 1 fully saturated rings. The lowest BCUT2D eigenvalue weighted by molar-refractivity contribution is -0.134. The average Bonchev–Trinajstić information content (AvgIpc) is 2.68. The van der Waals surface area contributed by atoms with Crippen LogP contribution in [0.15, 0.2) is 54.6 Å². The summed E-state index contributed by atoms with van der Waals surface area (Å²) in [6, 6.07) is 18.1. The molecule has 2 aromatic rings. The molecule has 5 heteroatoms.